The second-order valence-electron chi connectivity index (χ2n) is 5.04. The molecule has 6 nitrogen and oxygen atoms in total. The first-order chi connectivity index (χ1) is 12.0. The number of aromatic nitrogens is 1. The standard InChI is InChI=1S/C17H12ClFN2O4/c1-24-15-5-2-9(6-14(15)22)16-8-13(21-25-16)17(23)20-12-7-10(18)3-4-11(12)19/h2-8,22H,1H3,(H,20,23). The molecule has 0 bridgehead atoms. The Balaban J connectivity index is 1.82. The van der Waals surface area contributed by atoms with Crippen molar-refractivity contribution in [1.29, 1.82) is 0 Å². The van der Waals surface area contributed by atoms with E-state index in [1.54, 1.807) is 12.1 Å². The van der Waals surface area contributed by atoms with Gasteiger partial charge in [0.15, 0.2) is 23.0 Å². The number of carbonyl (C=O) groups excluding carboxylic acids is 1. The zero-order valence-corrected chi connectivity index (χ0v) is 13.7. The molecule has 8 heteroatoms. The first kappa shape index (κ1) is 16.8. The zero-order valence-electron chi connectivity index (χ0n) is 12.9. The predicted molar refractivity (Wildman–Crippen MR) is 89.5 cm³/mol. The highest BCUT2D eigenvalue weighted by Crippen LogP contribution is 2.31. The van der Waals surface area contributed by atoms with Gasteiger partial charge in [0, 0.05) is 16.7 Å². The van der Waals surface area contributed by atoms with Crippen molar-refractivity contribution in [3.05, 3.63) is 59.0 Å². The number of carbonyl (C=O) groups is 1. The number of phenols is 1. The summed E-state index contributed by atoms with van der Waals surface area (Å²) in [6.45, 7) is 0. The molecule has 3 aromatic rings. The van der Waals surface area contributed by atoms with Crippen LogP contribution in [0.3, 0.4) is 0 Å². The maximum atomic E-state index is 13.7. The summed E-state index contributed by atoms with van der Waals surface area (Å²) in [4.78, 5) is 12.2. The Labute approximate surface area is 146 Å². The fourth-order valence-corrected chi connectivity index (χ4v) is 2.31. The summed E-state index contributed by atoms with van der Waals surface area (Å²) in [5.41, 5.74) is 0.382. The third kappa shape index (κ3) is 3.56. The molecule has 0 aliphatic carbocycles. The Morgan fingerprint density at radius 1 is 1.28 bits per heavy atom. The van der Waals surface area contributed by atoms with E-state index in [-0.39, 0.29) is 27.9 Å². The van der Waals surface area contributed by atoms with Crippen LogP contribution in [0, 0.1) is 5.82 Å². The second kappa shape index (κ2) is 6.82. The zero-order chi connectivity index (χ0) is 18.0. The summed E-state index contributed by atoms with van der Waals surface area (Å²) in [6.07, 6.45) is 0. The van der Waals surface area contributed by atoms with Crippen molar-refractivity contribution in [3.8, 4) is 22.8 Å². The number of methoxy groups -OCH3 is 1. The SMILES string of the molecule is COc1ccc(-c2cc(C(=O)Nc3cc(Cl)ccc3F)no2)cc1O. The monoisotopic (exact) mass is 362 g/mol. The summed E-state index contributed by atoms with van der Waals surface area (Å²) >= 11 is 5.78. The van der Waals surface area contributed by atoms with Crippen molar-refractivity contribution in [2.75, 3.05) is 12.4 Å². The molecule has 0 fully saturated rings. The third-order valence-corrected chi connectivity index (χ3v) is 3.62. The number of nitrogens with zero attached hydrogens (tertiary/aromatic N) is 1. The smallest absolute Gasteiger partial charge is 0.277 e. The summed E-state index contributed by atoms with van der Waals surface area (Å²) in [6, 6.07) is 9.78. The van der Waals surface area contributed by atoms with E-state index < -0.39 is 11.7 Å². The number of hydrogen-bond acceptors (Lipinski definition) is 5. The molecule has 1 aromatic heterocycles. The lowest BCUT2D eigenvalue weighted by atomic mass is 10.1. The van der Waals surface area contributed by atoms with Crippen LogP contribution < -0.4 is 10.1 Å². The fourth-order valence-electron chi connectivity index (χ4n) is 2.14. The Bertz CT molecular complexity index is 942. The highest BCUT2D eigenvalue weighted by atomic mass is 35.5. The van der Waals surface area contributed by atoms with Gasteiger partial charge in [-0.2, -0.15) is 0 Å². The number of halogens is 2. The topological polar surface area (TPSA) is 84.6 Å². The third-order valence-electron chi connectivity index (χ3n) is 3.38. The molecule has 1 amide bonds. The summed E-state index contributed by atoms with van der Waals surface area (Å²) in [7, 11) is 1.43. The number of nitrogens with one attached hydrogen (secondary N) is 1. The highest BCUT2D eigenvalue weighted by molar-refractivity contribution is 6.31. The van der Waals surface area contributed by atoms with Gasteiger partial charge in [-0.05, 0) is 36.4 Å². The molecule has 0 saturated carbocycles. The molecule has 0 radical (unpaired) electrons. The van der Waals surface area contributed by atoms with Gasteiger partial charge < -0.3 is 19.7 Å². The van der Waals surface area contributed by atoms with Gasteiger partial charge in [0.1, 0.15) is 5.82 Å². The molecule has 25 heavy (non-hydrogen) atoms. The molecule has 0 spiro atoms. The normalized spacial score (nSPS) is 10.5. The Kier molecular flexibility index (Phi) is 4.58. The number of benzene rings is 2. The molecule has 3 rings (SSSR count). The van der Waals surface area contributed by atoms with Crippen LogP contribution in [0.5, 0.6) is 11.5 Å². The van der Waals surface area contributed by atoms with Crippen LogP contribution in [-0.2, 0) is 0 Å². The van der Waals surface area contributed by atoms with E-state index >= 15 is 0 Å². The maximum absolute atomic E-state index is 13.7. The van der Waals surface area contributed by atoms with Crippen LogP contribution in [0.2, 0.25) is 5.02 Å². The Morgan fingerprint density at radius 2 is 2.08 bits per heavy atom. The number of hydrogen-bond donors (Lipinski definition) is 2. The quantitative estimate of drug-likeness (QED) is 0.730. The highest BCUT2D eigenvalue weighted by Gasteiger charge is 2.16. The van der Waals surface area contributed by atoms with Gasteiger partial charge in [-0.25, -0.2) is 4.39 Å². The minimum Gasteiger partial charge on any atom is -0.504 e. The molecule has 0 unspecified atom stereocenters. The minimum absolute atomic E-state index is 0.0512. The van der Waals surface area contributed by atoms with E-state index in [0.717, 1.165) is 6.07 Å². The van der Waals surface area contributed by atoms with Crippen molar-refractivity contribution in [3.63, 3.8) is 0 Å². The molecule has 0 atom stereocenters. The lowest BCUT2D eigenvalue weighted by Gasteiger charge is -2.04. The van der Waals surface area contributed by atoms with Crippen molar-refractivity contribution in [2.45, 2.75) is 0 Å². The lowest BCUT2D eigenvalue weighted by Crippen LogP contribution is -2.13. The molecule has 0 saturated heterocycles. The van der Waals surface area contributed by atoms with Gasteiger partial charge >= 0.3 is 0 Å². The van der Waals surface area contributed by atoms with Crippen LogP contribution in [0.1, 0.15) is 10.5 Å². The van der Waals surface area contributed by atoms with Crippen LogP contribution in [0.25, 0.3) is 11.3 Å². The van der Waals surface area contributed by atoms with Gasteiger partial charge in [-0.15, -0.1) is 0 Å². The van der Waals surface area contributed by atoms with E-state index in [1.807, 2.05) is 0 Å². The molecule has 2 aromatic carbocycles. The number of phenolic OH excluding ortho intramolecular Hbond substituents is 1. The van der Waals surface area contributed by atoms with E-state index in [4.69, 9.17) is 20.9 Å². The molecule has 128 valence electrons. The summed E-state index contributed by atoms with van der Waals surface area (Å²) in [5.74, 6) is -0.800. The van der Waals surface area contributed by atoms with Gasteiger partial charge in [0.05, 0.1) is 12.8 Å². The van der Waals surface area contributed by atoms with Gasteiger partial charge in [0.2, 0.25) is 0 Å². The van der Waals surface area contributed by atoms with E-state index in [9.17, 15) is 14.3 Å². The van der Waals surface area contributed by atoms with Crippen LogP contribution in [-0.4, -0.2) is 23.3 Å². The van der Waals surface area contributed by atoms with E-state index in [2.05, 4.69) is 10.5 Å². The lowest BCUT2D eigenvalue weighted by molar-refractivity contribution is 0.101. The van der Waals surface area contributed by atoms with Crippen LogP contribution in [0.15, 0.2) is 47.0 Å². The average molecular weight is 363 g/mol. The van der Waals surface area contributed by atoms with Gasteiger partial charge in [-0.3, -0.25) is 4.79 Å². The fraction of sp³-hybridized carbons (Fsp3) is 0.0588. The largest absolute Gasteiger partial charge is 0.504 e. The number of amides is 1. The predicted octanol–water partition coefficient (Wildman–Crippen LogP) is 4.10. The number of rotatable bonds is 4. The van der Waals surface area contributed by atoms with E-state index in [0.29, 0.717) is 11.3 Å². The first-order valence-electron chi connectivity index (χ1n) is 7.08. The molecule has 2 N–H and O–H groups in total. The Hall–Kier alpha value is -3.06. The molecular formula is C17H12ClFN2O4. The molecule has 0 aliphatic rings. The summed E-state index contributed by atoms with van der Waals surface area (Å²) < 4.78 is 23.7. The molecule has 1 heterocycles. The number of aromatic hydroxyl groups is 1. The molecule has 0 aliphatic heterocycles. The second-order valence-corrected chi connectivity index (χ2v) is 5.48. The van der Waals surface area contributed by atoms with Crippen molar-refractivity contribution < 1.29 is 23.6 Å². The van der Waals surface area contributed by atoms with Crippen molar-refractivity contribution >= 4 is 23.2 Å². The number of ether oxygens (including phenoxy) is 1. The Morgan fingerprint density at radius 3 is 2.80 bits per heavy atom. The van der Waals surface area contributed by atoms with Crippen LogP contribution >= 0.6 is 11.6 Å². The average Bonchev–Trinajstić information content (AvgIpc) is 3.08. The van der Waals surface area contributed by atoms with E-state index in [1.165, 1.54) is 31.4 Å². The van der Waals surface area contributed by atoms with Gasteiger partial charge in [-0.1, -0.05) is 16.8 Å². The van der Waals surface area contributed by atoms with Crippen molar-refractivity contribution in [2.24, 2.45) is 0 Å². The van der Waals surface area contributed by atoms with Crippen molar-refractivity contribution in [1.82, 2.24) is 5.16 Å². The minimum atomic E-state index is -0.658. The molecular weight excluding hydrogens is 351 g/mol. The summed E-state index contributed by atoms with van der Waals surface area (Å²) in [5, 5.41) is 16.1. The van der Waals surface area contributed by atoms with Gasteiger partial charge in [0.25, 0.3) is 5.91 Å². The maximum Gasteiger partial charge on any atom is 0.277 e. The number of anilines is 1. The van der Waals surface area contributed by atoms with Crippen LogP contribution in [0.4, 0.5) is 10.1 Å². The first-order valence-corrected chi connectivity index (χ1v) is 7.46.